The second kappa shape index (κ2) is 19.5. The molecule has 3 atom stereocenters. The number of anilines is 2. The van der Waals surface area contributed by atoms with Gasteiger partial charge in [0.2, 0.25) is 5.95 Å². The molecule has 0 unspecified atom stereocenters. The first-order valence-electron chi connectivity index (χ1n) is 17.8. The van der Waals surface area contributed by atoms with E-state index in [0.717, 1.165) is 62.0 Å². The molecule has 1 aliphatic carbocycles. The molecule has 0 bridgehead atoms. The number of hydrogen-bond acceptors (Lipinski definition) is 13. The molecule has 15 nitrogen and oxygen atoms in total. The fraction of sp³-hybridized carbons (Fsp3) is 0.600. The molecule has 1 aliphatic heterocycles. The van der Waals surface area contributed by atoms with Crippen LogP contribution in [-0.2, 0) is 20.8 Å². The van der Waals surface area contributed by atoms with Crippen LogP contribution in [0.15, 0.2) is 43.1 Å². The van der Waals surface area contributed by atoms with Crippen LogP contribution < -0.4 is 14.8 Å². The maximum Gasteiger partial charge on any atom is 0.256 e. The van der Waals surface area contributed by atoms with Gasteiger partial charge in [0.1, 0.15) is 23.9 Å². The van der Waals surface area contributed by atoms with Gasteiger partial charge in [-0.2, -0.15) is 0 Å². The van der Waals surface area contributed by atoms with Gasteiger partial charge in [-0.15, -0.1) is 22.6 Å². The molecule has 284 valence electrons. The van der Waals surface area contributed by atoms with Crippen molar-refractivity contribution in [1.29, 1.82) is 0 Å². The van der Waals surface area contributed by atoms with Crippen molar-refractivity contribution in [3.63, 3.8) is 0 Å². The minimum absolute atomic E-state index is 0. The summed E-state index contributed by atoms with van der Waals surface area (Å²) >= 11 is 6.47. The lowest BCUT2D eigenvalue weighted by atomic mass is 9.89. The molecule has 0 spiro atoms. The Balaban J connectivity index is 0.00000523. The topological polar surface area (TPSA) is 149 Å². The Morgan fingerprint density at radius 1 is 0.981 bits per heavy atom. The lowest BCUT2D eigenvalue weighted by Crippen LogP contribution is -2.51. The number of halogens is 2. The number of ether oxygens (including phenoxy) is 5. The van der Waals surface area contributed by atoms with Crippen LogP contribution in [0.1, 0.15) is 58.9 Å². The van der Waals surface area contributed by atoms with Gasteiger partial charge in [-0.1, -0.05) is 17.7 Å². The van der Waals surface area contributed by atoms with Gasteiger partial charge < -0.3 is 29.0 Å². The summed E-state index contributed by atoms with van der Waals surface area (Å²) in [5.41, 5.74) is 2.41. The van der Waals surface area contributed by atoms with Crippen molar-refractivity contribution in [2.24, 2.45) is 0 Å². The highest BCUT2D eigenvalue weighted by molar-refractivity contribution is 6.32. The summed E-state index contributed by atoms with van der Waals surface area (Å²) in [4.78, 5) is 11.9. The summed E-state index contributed by atoms with van der Waals surface area (Å²) in [5.74, 6) is 1.51. The lowest BCUT2D eigenvalue weighted by molar-refractivity contribution is -0.0852. The van der Waals surface area contributed by atoms with Crippen LogP contribution in [0.5, 0.6) is 11.6 Å². The molecule has 2 aliphatic rings. The molecule has 0 amide bonds. The van der Waals surface area contributed by atoms with Gasteiger partial charge in [-0.25, -0.2) is 14.6 Å². The Hall–Kier alpha value is -3.60. The van der Waals surface area contributed by atoms with Crippen LogP contribution in [-0.4, -0.2) is 116 Å². The van der Waals surface area contributed by atoms with Gasteiger partial charge in [-0.05, 0) is 74.6 Å². The van der Waals surface area contributed by atoms with E-state index in [1.54, 1.807) is 36.6 Å². The van der Waals surface area contributed by atoms with Gasteiger partial charge >= 0.3 is 0 Å². The third-order valence-electron chi connectivity index (χ3n) is 9.13. The molecule has 1 N–H and O–H groups in total. The molecule has 1 saturated carbocycles. The third kappa shape index (κ3) is 11.0. The zero-order chi connectivity index (χ0) is 35.6. The number of benzene rings is 1. The van der Waals surface area contributed by atoms with Crippen molar-refractivity contribution in [3.8, 4) is 22.8 Å². The normalized spacial score (nSPS) is 21.3. The smallest absolute Gasteiger partial charge is 0.256 e. The minimum atomic E-state index is -0.211. The van der Waals surface area contributed by atoms with E-state index in [-0.39, 0.29) is 36.8 Å². The molecule has 1 aromatic carbocycles. The van der Waals surface area contributed by atoms with Gasteiger partial charge in [0.15, 0.2) is 0 Å². The quantitative estimate of drug-likeness (QED) is 0.133. The van der Waals surface area contributed by atoms with Crippen molar-refractivity contribution in [2.75, 3.05) is 51.9 Å². The van der Waals surface area contributed by atoms with Gasteiger partial charge in [0, 0.05) is 57.2 Å². The van der Waals surface area contributed by atoms with Gasteiger partial charge in [-0.3, -0.25) is 9.58 Å². The average molecular weight is 762 g/mol. The number of tetrazole rings is 1. The molecule has 4 aromatic rings. The highest BCUT2D eigenvalue weighted by Crippen LogP contribution is 2.36. The van der Waals surface area contributed by atoms with E-state index in [9.17, 15) is 0 Å². The summed E-state index contributed by atoms with van der Waals surface area (Å²) in [7, 11) is 1.66. The number of rotatable bonds is 17. The number of nitrogens with one attached hydrogen (secondary N) is 1. The average Bonchev–Trinajstić information content (AvgIpc) is 3.79. The number of aromatic nitrogens is 8. The lowest BCUT2D eigenvalue weighted by Gasteiger charge is -2.42. The van der Waals surface area contributed by atoms with E-state index in [1.165, 1.54) is 0 Å². The third-order valence-corrected chi connectivity index (χ3v) is 9.45. The van der Waals surface area contributed by atoms with Crippen molar-refractivity contribution < 1.29 is 23.7 Å². The highest BCUT2D eigenvalue weighted by Gasteiger charge is 2.32. The first-order valence-corrected chi connectivity index (χ1v) is 18.2. The molecule has 17 heteroatoms. The zero-order valence-corrected chi connectivity index (χ0v) is 31.8. The monoisotopic (exact) mass is 760 g/mol. The number of methoxy groups -OCH3 is 1. The zero-order valence-electron chi connectivity index (χ0n) is 30.3. The Bertz CT molecular complexity index is 1630. The second-order valence-electron chi connectivity index (χ2n) is 13.3. The van der Waals surface area contributed by atoms with Crippen LogP contribution in [0.3, 0.4) is 0 Å². The fourth-order valence-corrected chi connectivity index (χ4v) is 6.91. The van der Waals surface area contributed by atoms with Crippen LogP contribution >= 0.6 is 24.0 Å². The van der Waals surface area contributed by atoms with Crippen molar-refractivity contribution in [3.05, 3.63) is 48.1 Å². The first-order chi connectivity index (χ1) is 24.8. The summed E-state index contributed by atoms with van der Waals surface area (Å²) in [6.45, 7) is 10.9. The highest BCUT2D eigenvalue weighted by atomic mass is 35.5. The van der Waals surface area contributed by atoms with E-state index >= 15 is 0 Å². The Morgan fingerprint density at radius 2 is 1.73 bits per heavy atom. The van der Waals surface area contributed by atoms with E-state index in [1.807, 2.05) is 25.3 Å². The first kappa shape index (κ1) is 39.6. The SMILES string of the molecule is COCCOCCCOc1nn(C2CCC(N3C[C@@H](C)O[C@@H](C)C3)CC2)cc1Nc1ncc(-c2ccc(Cl)c(O[C@@H](C)Cn3cnnn3)c2)cn1.Cl. The predicted octanol–water partition coefficient (Wildman–Crippen LogP) is 5.64. The summed E-state index contributed by atoms with van der Waals surface area (Å²) in [6, 6.07) is 6.46. The second-order valence-corrected chi connectivity index (χ2v) is 13.7. The molecule has 4 heterocycles. The van der Waals surface area contributed by atoms with E-state index in [0.29, 0.717) is 61.6 Å². The molecule has 6 rings (SSSR count). The van der Waals surface area contributed by atoms with Crippen molar-refractivity contribution >= 4 is 35.6 Å². The largest absolute Gasteiger partial charge is 0.487 e. The van der Waals surface area contributed by atoms with Gasteiger partial charge in [0.05, 0.1) is 55.8 Å². The maximum atomic E-state index is 6.47. The Labute approximate surface area is 316 Å². The summed E-state index contributed by atoms with van der Waals surface area (Å²) < 4.78 is 32.6. The Kier molecular flexibility index (Phi) is 14.8. The predicted molar refractivity (Wildman–Crippen MR) is 199 cm³/mol. The van der Waals surface area contributed by atoms with Crippen LogP contribution in [0.25, 0.3) is 11.1 Å². The number of morpholine rings is 1. The molecular formula is C35H50Cl2N10O5. The summed E-state index contributed by atoms with van der Waals surface area (Å²) in [6.07, 6.45) is 12.5. The van der Waals surface area contributed by atoms with E-state index in [4.69, 9.17) is 40.4 Å². The van der Waals surface area contributed by atoms with Crippen LogP contribution in [0.4, 0.5) is 11.6 Å². The van der Waals surface area contributed by atoms with Crippen LogP contribution in [0.2, 0.25) is 5.02 Å². The molecule has 0 radical (unpaired) electrons. The Morgan fingerprint density at radius 3 is 2.44 bits per heavy atom. The van der Waals surface area contributed by atoms with Crippen molar-refractivity contribution in [1.82, 2.24) is 44.9 Å². The summed E-state index contributed by atoms with van der Waals surface area (Å²) in [5, 5.41) is 20.0. The molecule has 3 aromatic heterocycles. The standard InChI is InChI=1S/C35H49ClN10O5.ClH/c1-24-19-44(20-25(2)50-24)29-7-9-30(10-8-29)46-22-32(34(41-46)49-13-5-12-48-15-14-47-4)40-35-37-17-28(18-38-35)27-6-11-31(36)33(16-27)51-26(3)21-45-23-39-42-43-45;/h6,11,16-18,22-26,29-30H,5,7-10,12-15,19-21H2,1-4H3,(H,37,38,40);1H/t24-,25+,26-,29?,30?;/m0./s1. The van der Waals surface area contributed by atoms with Crippen molar-refractivity contribution in [2.45, 2.75) is 89.8 Å². The fourth-order valence-electron chi connectivity index (χ4n) is 6.75. The molecule has 2 fully saturated rings. The molecule has 1 saturated heterocycles. The van der Waals surface area contributed by atoms with E-state index < -0.39 is 0 Å². The maximum absolute atomic E-state index is 6.47. The number of hydrogen-bond donors (Lipinski definition) is 1. The van der Waals surface area contributed by atoms with Crippen LogP contribution in [0, 0.1) is 0 Å². The molecule has 52 heavy (non-hydrogen) atoms. The number of nitrogens with zero attached hydrogens (tertiary/aromatic N) is 9. The van der Waals surface area contributed by atoms with Gasteiger partial charge in [0.25, 0.3) is 5.88 Å². The molecular weight excluding hydrogens is 711 g/mol. The van der Waals surface area contributed by atoms with E-state index in [2.05, 4.69) is 54.2 Å². The minimum Gasteiger partial charge on any atom is -0.487 e.